The minimum Gasteiger partial charge on any atom is -0.483 e. The number of hydrogen-bond acceptors (Lipinski definition) is 4. The molecule has 0 aromatic heterocycles. The zero-order chi connectivity index (χ0) is 14.7. The molecule has 2 rings (SSSR count). The first kappa shape index (κ1) is 14.2. The van der Waals surface area contributed by atoms with E-state index in [9.17, 15) is 9.59 Å². The normalized spacial score (nSPS) is 20.4. The van der Waals surface area contributed by atoms with Gasteiger partial charge in [-0.3, -0.25) is 9.59 Å². The highest BCUT2D eigenvalue weighted by atomic mass is 16.6. The van der Waals surface area contributed by atoms with Crippen LogP contribution >= 0.6 is 0 Å². The predicted octanol–water partition coefficient (Wildman–Crippen LogP) is 1.71. The van der Waals surface area contributed by atoms with Crippen molar-refractivity contribution < 1.29 is 29.3 Å². The summed E-state index contributed by atoms with van der Waals surface area (Å²) < 4.78 is 11.4. The highest BCUT2D eigenvalue weighted by Crippen LogP contribution is 2.35. The second kappa shape index (κ2) is 5.81. The van der Waals surface area contributed by atoms with E-state index < -0.39 is 11.9 Å². The Hall–Kier alpha value is -2.24. The second-order valence-corrected chi connectivity index (χ2v) is 4.76. The third kappa shape index (κ3) is 3.40. The van der Waals surface area contributed by atoms with Gasteiger partial charge in [0, 0.05) is 6.42 Å². The molecule has 2 atom stereocenters. The SMILES string of the molecule is CC1Oc2ccc(CC(=O)O)cc2OC1CCC(=O)O. The average molecular weight is 280 g/mol. The summed E-state index contributed by atoms with van der Waals surface area (Å²) in [7, 11) is 0. The largest absolute Gasteiger partial charge is 0.483 e. The van der Waals surface area contributed by atoms with Crippen LogP contribution in [0.15, 0.2) is 18.2 Å². The Kier molecular flexibility index (Phi) is 4.12. The average Bonchev–Trinajstić information content (AvgIpc) is 2.36. The quantitative estimate of drug-likeness (QED) is 0.852. The van der Waals surface area contributed by atoms with Crippen molar-refractivity contribution in [2.45, 2.75) is 38.4 Å². The molecule has 6 heteroatoms. The number of carboxylic acids is 2. The van der Waals surface area contributed by atoms with Crippen molar-refractivity contribution in [1.82, 2.24) is 0 Å². The Balaban J connectivity index is 2.12. The first-order valence-corrected chi connectivity index (χ1v) is 6.35. The maximum Gasteiger partial charge on any atom is 0.307 e. The number of rotatable bonds is 5. The van der Waals surface area contributed by atoms with Gasteiger partial charge in [-0.25, -0.2) is 0 Å². The highest BCUT2D eigenvalue weighted by molar-refractivity contribution is 5.70. The number of fused-ring (bicyclic) bond motifs is 1. The van der Waals surface area contributed by atoms with Crippen LogP contribution in [0, 0.1) is 0 Å². The molecule has 2 N–H and O–H groups in total. The number of hydrogen-bond donors (Lipinski definition) is 2. The molecule has 0 radical (unpaired) electrons. The number of ether oxygens (including phenoxy) is 2. The first-order chi connectivity index (χ1) is 9.45. The fourth-order valence-corrected chi connectivity index (χ4v) is 2.12. The van der Waals surface area contributed by atoms with Crippen LogP contribution in [0.1, 0.15) is 25.3 Å². The lowest BCUT2D eigenvalue weighted by atomic mass is 10.1. The Bertz CT molecular complexity index is 524. The summed E-state index contributed by atoms with van der Waals surface area (Å²) in [6.45, 7) is 1.82. The maximum absolute atomic E-state index is 10.7. The molecular formula is C14H16O6. The lowest BCUT2D eigenvalue weighted by Crippen LogP contribution is -2.38. The van der Waals surface area contributed by atoms with E-state index in [4.69, 9.17) is 19.7 Å². The zero-order valence-electron chi connectivity index (χ0n) is 11.0. The van der Waals surface area contributed by atoms with Crippen LogP contribution < -0.4 is 9.47 Å². The highest BCUT2D eigenvalue weighted by Gasteiger charge is 2.28. The summed E-state index contributed by atoms with van der Waals surface area (Å²) in [6, 6.07) is 4.99. The summed E-state index contributed by atoms with van der Waals surface area (Å²) in [4.78, 5) is 21.3. The molecule has 2 unspecified atom stereocenters. The van der Waals surface area contributed by atoms with Gasteiger partial charge in [0.1, 0.15) is 12.2 Å². The molecule has 0 bridgehead atoms. The van der Waals surface area contributed by atoms with Crippen LogP contribution in [0.2, 0.25) is 0 Å². The first-order valence-electron chi connectivity index (χ1n) is 6.35. The van der Waals surface area contributed by atoms with Gasteiger partial charge in [0.2, 0.25) is 0 Å². The molecule has 0 spiro atoms. The molecule has 1 heterocycles. The molecule has 0 fully saturated rings. The monoisotopic (exact) mass is 280 g/mol. The van der Waals surface area contributed by atoms with Crippen LogP contribution in [0.3, 0.4) is 0 Å². The van der Waals surface area contributed by atoms with Crippen LogP contribution in [0.4, 0.5) is 0 Å². The van der Waals surface area contributed by atoms with Crippen LogP contribution in [0.5, 0.6) is 11.5 Å². The third-order valence-corrected chi connectivity index (χ3v) is 3.12. The van der Waals surface area contributed by atoms with Crippen molar-refractivity contribution in [2.75, 3.05) is 0 Å². The van der Waals surface area contributed by atoms with E-state index in [1.54, 1.807) is 18.2 Å². The summed E-state index contributed by atoms with van der Waals surface area (Å²) in [5.74, 6) is -0.779. The van der Waals surface area contributed by atoms with Crippen molar-refractivity contribution in [1.29, 1.82) is 0 Å². The van der Waals surface area contributed by atoms with Crippen molar-refractivity contribution in [3.8, 4) is 11.5 Å². The smallest absolute Gasteiger partial charge is 0.307 e. The molecule has 1 aromatic rings. The van der Waals surface area contributed by atoms with Crippen molar-refractivity contribution in [3.05, 3.63) is 23.8 Å². The molecule has 0 aliphatic carbocycles. The fraction of sp³-hybridized carbons (Fsp3) is 0.429. The zero-order valence-corrected chi connectivity index (χ0v) is 11.0. The van der Waals surface area contributed by atoms with Gasteiger partial charge in [0.25, 0.3) is 0 Å². The second-order valence-electron chi connectivity index (χ2n) is 4.76. The summed E-state index contributed by atoms with van der Waals surface area (Å²) in [5, 5.41) is 17.5. The lowest BCUT2D eigenvalue weighted by molar-refractivity contribution is -0.138. The molecule has 0 saturated carbocycles. The maximum atomic E-state index is 10.7. The van der Waals surface area contributed by atoms with E-state index in [-0.39, 0.29) is 25.0 Å². The van der Waals surface area contributed by atoms with E-state index in [0.717, 1.165) is 0 Å². The van der Waals surface area contributed by atoms with Crippen molar-refractivity contribution in [2.24, 2.45) is 0 Å². The van der Waals surface area contributed by atoms with E-state index in [1.807, 2.05) is 6.92 Å². The predicted molar refractivity (Wildman–Crippen MR) is 69.2 cm³/mol. The Morgan fingerprint density at radius 1 is 1.15 bits per heavy atom. The van der Waals surface area contributed by atoms with Gasteiger partial charge in [-0.1, -0.05) is 6.07 Å². The van der Waals surface area contributed by atoms with E-state index in [1.165, 1.54) is 0 Å². The van der Waals surface area contributed by atoms with Crippen LogP contribution in [-0.4, -0.2) is 34.4 Å². The Labute approximate surface area is 115 Å². The molecule has 20 heavy (non-hydrogen) atoms. The molecule has 108 valence electrons. The Morgan fingerprint density at radius 3 is 2.55 bits per heavy atom. The standard InChI is InChI=1S/C14H16O6/c1-8-10(4-5-13(15)16)20-12-6-9(7-14(17)18)2-3-11(12)19-8/h2-3,6,8,10H,4-5,7H2,1H3,(H,15,16)(H,17,18). The van der Waals surface area contributed by atoms with Crippen molar-refractivity contribution in [3.63, 3.8) is 0 Å². The minimum atomic E-state index is -0.919. The third-order valence-electron chi connectivity index (χ3n) is 3.12. The molecule has 6 nitrogen and oxygen atoms in total. The van der Waals surface area contributed by atoms with E-state index in [0.29, 0.717) is 23.5 Å². The molecular weight excluding hydrogens is 264 g/mol. The molecule has 1 aliphatic rings. The minimum absolute atomic E-state index is 0.00250. The summed E-state index contributed by atoms with van der Waals surface area (Å²) in [5.41, 5.74) is 0.617. The molecule has 1 aromatic carbocycles. The van der Waals surface area contributed by atoms with Gasteiger partial charge in [-0.2, -0.15) is 0 Å². The fourth-order valence-electron chi connectivity index (χ4n) is 2.12. The number of aliphatic carboxylic acids is 2. The number of carboxylic acid groups (broad SMARTS) is 2. The molecule has 1 aliphatic heterocycles. The Morgan fingerprint density at radius 2 is 1.90 bits per heavy atom. The molecule has 0 saturated heterocycles. The lowest BCUT2D eigenvalue weighted by Gasteiger charge is -2.32. The van der Waals surface area contributed by atoms with E-state index in [2.05, 4.69) is 0 Å². The van der Waals surface area contributed by atoms with E-state index >= 15 is 0 Å². The van der Waals surface area contributed by atoms with Gasteiger partial charge in [0.05, 0.1) is 6.42 Å². The molecule has 0 amide bonds. The number of benzene rings is 1. The summed E-state index contributed by atoms with van der Waals surface area (Å²) >= 11 is 0. The topological polar surface area (TPSA) is 93.1 Å². The number of carbonyl (C=O) groups is 2. The van der Waals surface area contributed by atoms with Crippen molar-refractivity contribution >= 4 is 11.9 Å². The van der Waals surface area contributed by atoms with Gasteiger partial charge in [0.15, 0.2) is 11.5 Å². The van der Waals surface area contributed by atoms with Crippen LogP contribution in [0.25, 0.3) is 0 Å². The van der Waals surface area contributed by atoms with Gasteiger partial charge in [-0.15, -0.1) is 0 Å². The van der Waals surface area contributed by atoms with Crippen LogP contribution in [-0.2, 0) is 16.0 Å². The summed E-state index contributed by atoms with van der Waals surface area (Å²) in [6.07, 6.45) is -0.334. The van der Waals surface area contributed by atoms with Gasteiger partial charge >= 0.3 is 11.9 Å². The van der Waals surface area contributed by atoms with Gasteiger partial charge in [-0.05, 0) is 31.0 Å². The van der Waals surface area contributed by atoms with Gasteiger partial charge < -0.3 is 19.7 Å².